The van der Waals surface area contributed by atoms with Crippen molar-refractivity contribution >= 4 is 33.2 Å². The normalized spacial score (nSPS) is 14.9. The molecule has 7 nitrogen and oxygen atoms in total. The molecule has 0 amide bonds. The Labute approximate surface area is 153 Å². The van der Waals surface area contributed by atoms with E-state index in [9.17, 15) is 5.21 Å². The molecule has 2 N–H and O–H groups in total. The van der Waals surface area contributed by atoms with Crippen LogP contribution in [0.1, 0.15) is 31.2 Å². The van der Waals surface area contributed by atoms with Crippen molar-refractivity contribution in [2.75, 3.05) is 10.6 Å². The van der Waals surface area contributed by atoms with Crippen molar-refractivity contribution in [1.82, 2.24) is 14.6 Å². The Hall–Kier alpha value is -2.35. The van der Waals surface area contributed by atoms with Gasteiger partial charge in [0, 0.05) is 30.3 Å². The van der Waals surface area contributed by atoms with Gasteiger partial charge in [0.25, 0.3) is 0 Å². The molecular weight excluding hydrogens is 384 g/mol. The summed E-state index contributed by atoms with van der Waals surface area (Å²) >= 11 is 3.51. The first-order valence-corrected chi connectivity index (χ1v) is 9.21. The van der Waals surface area contributed by atoms with Gasteiger partial charge in [-0.15, -0.1) is 0 Å². The van der Waals surface area contributed by atoms with Crippen molar-refractivity contribution in [2.45, 2.75) is 38.3 Å². The number of fused-ring (bicyclic) bond motifs is 1. The quantitative estimate of drug-likeness (QED) is 0.506. The summed E-state index contributed by atoms with van der Waals surface area (Å²) in [4.78, 5) is 4.68. The van der Waals surface area contributed by atoms with Crippen molar-refractivity contribution in [2.24, 2.45) is 0 Å². The Morgan fingerprint density at radius 3 is 3.00 bits per heavy atom. The summed E-state index contributed by atoms with van der Waals surface area (Å²) in [5.41, 5.74) is 1.66. The van der Waals surface area contributed by atoms with E-state index in [0.717, 1.165) is 32.0 Å². The number of hydrogen-bond donors (Lipinski definition) is 2. The van der Waals surface area contributed by atoms with Crippen molar-refractivity contribution < 1.29 is 4.73 Å². The number of nitrogens with one attached hydrogen (secondary N) is 2. The number of pyridine rings is 1. The van der Waals surface area contributed by atoms with Gasteiger partial charge in [0.2, 0.25) is 0 Å². The molecule has 0 unspecified atom stereocenters. The van der Waals surface area contributed by atoms with Crippen LogP contribution in [0.3, 0.4) is 0 Å². The number of halogens is 1. The van der Waals surface area contributed by atoms with Crippen LogP contribution in [0, 0.1) is 5.21 Å². The molecule has 0 radical (unpaired) electrons. The third kappa shape index (κ3) is 3.53. The maximum Gasteiger partial charge on any atom is 0.185 e. The zero-order chi connectivity index (χ0) is 17.2. The van der Waals surface area contributed by atoms with Crippen LogP contribution in [-0.4, -0.2) is 20.6 Å². The van der Waals surface area contributed by atoms with Crippen LogP contribution in [-0.2, 0) is 6.54 Å². The van der Waals surface area contributed by atoms with E-state index in [1.54, 1.807) is 23.0 Å². The highest BCUT2D eigenvalue weighted by Crippen LogP contribution is 2.26. The van der Waals surface area contributed by atoms with Crippen LogP contribution in [0.5, 0.6) is 0 Å². The lowest BCUT2D eigenvalue weighted by Crippen LogP contribution is -2.25. The fraction of sp³-hybridized carbons (Fsp3) is 0.353. The largest absolute Gasteiger partial charge is 0.619 e. The van der Waals surface area contributed by atoms with Gasteiger partial charge in [-0.2, -0.15) is 14.3 Å². The van der Waals surface area contributed by atoms with Gasteiger partial charge >= 0.3 is 0 Å². The summed E-state index contributed by atoms with van der Waals surface area (Å²) in [6.45, 7) is 0.530. The first-order valence-electron chi connectivity index (χ1n) is 8.41. The molecule has 0 atom stereocenters. The van der Waals surface area contributed by atoms with Crippen molar-refractivity contribution in [3.63, 3.8) is 0 Å². The molecule has 130 valence electrons. The molecule has 1 aliphatic carbocycles. The number of anilines is 2. The molecule has 0 aliphatic heterocycles. The highest BCUT2D eigenvalue weighted by atomic mass is 79.9. The number of rotatable bonds is 5. The maximum atomic E-state index is 11.4. The summed E-state index contributed by atoms with van der Waals surface area (Å²) in [6, 6.07) is 6.11. The smallest absolute Gasteiger partial charge is 0.185 e. The predicted octanol–water partition coefficient (Wildman–Crippen LogP) is 3.09. The van der Waals surface area contributed by atoms with Gasteiger partial charge in [0.1, 0.15) is 11.6 Å². The van der Waals surface area contributed by atoms with Crippen molar-refractivity contribution in [3.8, 4) is 0 Å². The fourth-order valence-electron chi connectivity index (χ4n) is 3.21. The third-order valence-corrected chi connectivity index (χ3v) is 5.01. The second kappa shape index (κ2) is 6.87. The second-order valence-corrected chi connectivity index (χ2v) is 7.16. The van der Waals surface area contributed by atoms with E-state index in [1.165, 1.54) is 31.9 Å². The lowest BCUT2D eigenvalue weighted by atomic mass is 10.2. The SMILES string of the molecule is [O-][n+]1cccc(CNc2cc(NC3CCCC3)nc3c(Br)cnn23)c1. The van der Waals surface area contributed by atoms with Gasteiger partial charge in [-0.3, -0.25) is 0 Å². The molecule has 0 bridgehead atoms. The molecule has 1 saturated carbocycles. The summed E-state index contributed by atoms with van der Waals surface area (Å²) in [5.74, 6) is 1.67. The molecular formula is C17H19BrN6O. The first-order chi connectivity index (χ1) is 12.2. The van der Waals surface area contributed by atoms with E-state index >= 15 is 0 Å². The number of nitrogens with zero attached hydrogens (tertiary/aromatic N) is 4. The summed E-state index contributed by atoms with van der Waals surface area (Å²) in [7, 11) is 0. The highest BCUT2D eigenvalue weighted by molar-refractivity contribution is 9.10. The molecule has 4 rings (SSSR count). The van der Waals surface area contributed by atoms with Gasteiger partial charge in [0.05, 0.1) is 10.7 Å². The molecule has 0 spiro atoms. The molecule has 3 aromatic heterocycles. The lowest BCUT2D eigenvalue weighted by Gasteiger charge is -2.15. The molecule has 3 aromatic rings. The Morgan fingerprint density at radius 2 is 2.20 bits per heavy atom. The molecule has 3 heterocycles. The fourth-order valence-corrected chi connectivity index (χ4v) is 3.56. The predicted molar refractivity (Wildman–Crippen MR) is 99.3 cm³/mol. The second-order valence-electron chi connectivity index (χ2n) is 6.31. The Kier molecular flexibility index (Phi) is 4.44. The molecule has 0 saturated heterocycles. The molecule has 1 fully saturated rings. The van der Waals surface area contributed by atoms with E-state index in [1.807, 2.05) is 12.1 Å². The molecule has 1 aliphatic rings. The number of hydrogen-bond acceptors (Lipinski definition) is 5. The molecule has 0 aromatic carbocycles. The zero-order valence-electron chi connectivity index (χ0n) is 13.7. The third-order valence-electron chi connectivity index (χ3n) is 4.45. The molecule has 25 heavy (non-hydrogen) atoms. The van der Waals surface area contributed by atoms with Crippen LogP contribution in [0.25, 0.3) is 5.65 Å². The molecule has 8 heteroatoms. The van der Waals surface area contributed by atoms with Crippen LogP contribution in [0.15, 0.2) is 41.3 Å². The zero-order valence-corrected chi connectivity index (χ0v) is 15.2. The van der Waals surface area contributed by atoms with Crippen molar-refractivity contribution in [3.05, 3.63) is 52.0 Å². The van der Waals surface area contributed by atoms with Crippen LogP contribution >= 0.6 is 15.9 Å². The standard InChI is InChI=1S/C17H19BrN6O/c18-14-10-20-24-16(19-9-12-4-3-7-23(25)11-12)8-15(22-17(14)24)21-13-5-1-2-6-13/h3-4,7-8,10-11,13,19H,1-2,5-6,9H2,(H,21,22). The minimum absolute atomic E-state index is 0.484. The summed E-state index contributed by atoms with van der Waals surface area (Å²) < 4.78 is 3.41. The summed E-state index contributed by atoms with van der Waals surface area (Å²) in [6.07, 6.45) is 9.67. The van der Waals surface area contributed by atoms with Gasteiger partial charge in [0.15, 0.2) is 18.0 Å². The van der Waals surface area contributed by atoms with Gasteiger partial charge < -0.3 is 15.8 Å². The van der Waals surface area contributed by atoms with Crippen molar-refractivity contribution in [1.29, 1.82) is 0 Å². The Bertz CT molecular complexity index is 890. The lowest BCUT2D eigenvalue weighted by molar-refractivity contribution is -0.605. The van der Waals surface area contributed by atoms with Crippen LogP contribution in [0.2, 0.25) is 0 Å². The maximum absolute atomic E-state index is 11.4. The average molecular weight is 403 g/mol. The number of aromatic nitrogens is 4. The van der Waals surface area contributed by atoms with E-state index in [0.29, 0.717) is 12.6 Å². The monoisotopic (exact) mass is 402 g/mol. The minimum Gasteiger partial charge on any atom is -0.619 e. The Balaban J connectivity index is 1.61. The van der Waals surface area contributed by atoms with E-state index in [4.69, 9.17) is 0 Å². The van der Waals surface area contributed by atoms with Gasteiger partial charge in [-0.1, -0.05) is 12.8 Å². The van der Waals surface area contributed by atoms with E-state index in [-0.39, 0.29) is 0 Å². The minimum atomic E-state index is 0.484. The Morgan fingerprint density at radius 1 is 1.36 bits per heavy atom. The topological polar surface area (TPSA) is 81.2 Å². The van der Waals surface area contributed by atoms with Gasteiger partial charge in [-0.05, 0) is 34.8 Å². The van der Waals surface area contributed by atoms with E-state index in [2.05, 4.69) is 36.6 Å². The highest BCUT2D eigenvalue weighted by Gasteiger charge is 2.17. The average Bonchev–Trinajstić information content (AvgIpc) is 3.23. The van der Waals surface area contributed by atoms with E-state index < -0.39 is 0 Å². The van der Waals surface area contributed by atoms with Crippen LogP contribution in [0.4, 0.5) is 11.6 Å². The first kappa shape index (κ1) is 16.1. The van der Waals surface area contributed by atoms with Gasteiger partial charge in [-0.25, -0.2) is 4.98 Å². The van der Waals surface area contributed by atoms with Crippen LogP contribution < -0.4 is 15.4 Å². The summed E-state index contributed by atoms with van der Waals surface area (Å²) in [5, 5.41) is 22.7.